The second-order valence-electron chi connectivity index (χ2n) is 6.29. The molecule has 0 radical (unpaired) electrons. The summed E-state index contributed by atoms with van der Waals surface area (Å²) in [7, 11) is 0. The number of nitrogens with zero attached hydrogens (tertiary/aromatic N) is 2. The van der Waals surface area contributed by atoms with Crippen molar-refractivity contribution >= 4 is 34.0 Å². The number of para-hydroxylation sites is 3. The molecule has 0 amide bonds. The van der Waals surface area contributed by atoms with Gasteiger partial charge in [0.15, 0.2) is 0 Å². The Hall–Kier alpha value is -3.40. The van der Waals surface area contributed by atoms with Crippen LogP contribution in [0.2, 0.25) is 0 Å². The van der Waals surface area contributed by atoms with E-state index in [1.54, 1.807) is 0 Å². The van der Waals surface area contributed by atoms with Crippen molar-refractivity contribution in [3.63, 3.8) is 0 Å². The van der Waals surface area contributed by atoms with Crippen molar-refractivity contribution in [1.82, 2.24) is 9.97 Å². The maximum absolute atomic E-state index is 4.74. The lowest BCUT2D eigenvalue weighted by Gasteiger charge is -2.14. The van der Waals surface area contributed by atoms with Gasteiger partial charge in [-0.25, -0.2) is 4.98 Å². The number of anilines is 4. The van der Waals surface area contributed by atoms with Gasteiger partial charge in [-0.15, -0.1) is 0 Å². The molecule has 0 aliphatic heterocycles. The smallest absolute Gasteiger partial charge is 0.229 e. The first kappa shape index (κ1) is 16.1. The fourth-order valence-corrected chi connectivity index (χ4v) is 2.90. The van der Waals surface area contributed by atoms with Crippen LogP contribution in [0.5, 0.6) is 0 Å². The second-order valence-corrected chi connectivity index (χ2v) is 6.29. The lowest BCUT2D eigenvalue weighted by atomic mass is 10.2. The Morgan fingerprint density at radius 1 is 0.615 bits per heavy atom. The third-order valence-electron chi connectivity index (χ3n) is 4.39. The lowest BCUT2D eigenvalue weighted by molar-refractivity contribution is 1.20. The molecule has 26 heavy (non-hydrogen) atoms. The van der Waals surface area contributed by atoms with Gasteiger partial charge in [0.1, 0.15) is 5.82 Å². The Kier molecular flexibility index (Phi) is 4.23. The summed E-state index contributed by atoms with van der Waals surface area (Å²) in [4.78, 5) is 9.41. The molecule has 0 unspecified atom stereocenters. The summed E-state index contributed by atoms with van der Waals surface area (Å²) in [6, 6.07) is 24.3. The molecule has 0 saturated heterocycles. The molecule has 1 aromatic heterocycles. The zero-order valence-electron chi connectivity index (χ0n) is 14.8. The standard InChI is InChI=1S/C22H20N4/c1-15-9-3-6-12-18(15)23-21-17-11-5-8-14-20(17)25-22(26-21)24-19-13-7-4-10-16(19)2/h3-14H,1-2H3,(H2,23,24,25,26). The fraction of sp³-hybridized carbons (Fsp3) is 0.0909. The minimum absolute atomic E-state index is 0.578. The molecular weight excluding hydrogens is 320 g/mol. The van der Waals surface area contributed by atoms with Crippen LogP contribution < -0.4 is 10.6 Å². The number of hydrogen-bond donors (Lipinski definition) is 2. The van der Waals surface area contributed by atoms with Gasteiger partial charge in [0.05, 0.1) is 5.52 Å². The highest BCUT2D eigenvalue weighted by Crippen LogP contribution is 2.28. The van der Waals surface area contributed by atoms with Gasteiger partial charge in [0.25, 0.3) is 0 Å². The van der Waals surface area contributed by atoms with Crippen LogP contribution in [-0.2, 0) is 0 Å². The normalized spacial score (nSPS) is 10.7. The highest BCUT2D eigenvalue weighted by atomic mass is 15.1. The Balaban J connectivity index is 1.78. The first-order valence-corrected chi connectivity index (χ1v) is 8.63. The number of hydrogen-bond acceptors (Lipinski definition) is 4. The summed E-state index contributed by atoms with van der Waals surface area (Å²) in [6.07, 6.45) is 0. The predicted molar refractivity (Wildman–Crippen MR) is 108 cm³/mol. The van der Waals surface area contributed by atoms with Crippen molar-refractivity contribution < 1.29 is 0 Å². The van der Waals surface area contributed by atoms with Crippen molar-refractivity contribution in [3.05, 3.63) is 83.9 Å². The highest BCUT2D eigenvalue weighted by Gasteiger charge is 2.09. The summed E-state index contributed by atoms with van der Waals surface area (Å²) in [6.45, 7) is 4.15. The van der Waals surface area contributed by atoms with E-state index < -0.39 is 0 Å². The highest BCUT2D eigenvalue weighted by molar-refractivity contribution is 5.92. The molecule has 0 aliphatic rings. The minimum atomic E-state index is 0.578. The van der Waals surface area contributed by atoms with E-state index in [0.29, 0.717) is 5.95 Å². The van der Waals surface area contributed by atoms with E-state index in [0.717, 1.165) is 33.7 Å². The zero-order chi connectivity index (χ0) is 17.9. The van der Waals surface area contributed by atoms with Gasteiger partial charge >= 0.3 is 0 Å². The Morgan fingerprint density at radius 2 is 1.19 bits per heavy atom. The van der Waals surface area contributed by atoms with Crippen LogP contribution in [0.15, 0.2) is 72.8 Å². The second kappa shape index (κ2) is 6.84. The molecule has 3 aromatic carbocycles. The molecule has 4 rings (SSSR count). The van der Waals surface area contributed by atoms with Crippen LogP contribution in [0.4, 0.5) is 23.1 Å². The number of nitrogens with one attached hydrogen (secondary N) is 2. The molecule has 128 valence electrons. The monoisotopic (exact) mass is 340 g/mol. The van der Waals surface area contributed by atoms with E-state index in [1.165, 1.54) is 5.56 Å². The van der Waals surface area contributed by atoms with Gasteiger partial charge in [-0.2, -0.15) is 4.98 Å². The Bertz CT molecular complexity index is 1070. The molecule has 4 heteroatoms. The summed E-state index contributed by atoms with van der Waals surface area (Å²) in [5, 5.41) is 7.80. The van der Waals surface area contributed by atoms with Crippen LogP contribution in [0.25, 0.3) is 10.9 Å². The van der Waals surface area contributed by atoms with Crippen LogP contribution in [0, 0.1) is 13.8 Å². The third kappa shape index (κ3) is 3.22. The van der Waals surface area contributed by atoms with Crippen molar-refractivity contribution in [1.29, 1.82) is 0 Å². The van der Waals surface area contributed by atoms with Gasteiger partial charge in [0.2, 0.25) is 5.95 Å². The molecule has 0 atom stereocenters. The Morgan fingerprint density at radius 3 is 1.88 bits per heavy atom. The van der Waals surface area contributed by atoms with Gasteiger partial charge in [-0.1, -0.05) is 48.5 Å². The summed E-state index contributed by atoms with van der Waals surface area (Å²) >= 11 is 0. The van der Waals surface area contributed by atoms with E-state index in [1.807, 2.05) is 54.6 Å². The number of aryl methyl sites for hydroxylation is 2. The Labute approximate surface area is 152 Å². The molecule has 4 aromatic rings. The average molecular weight is 340 g/mol. The van der Waals surface area contributed by atoms with Gasteiger partial charge in [-0.05, 0) is 49.2 Å². The molecule has 0 aliphatic carbocycles. The maximum atomic E-state index is 4.74. The first-order chi connectivity index (χ1) is 12.7. The van der Waals surface area contributed by atoms with Crippen molar-refractivity contribution in [3.8, 4) is 0 Å². The minimum Gasteiger partial charge on any atom is -0.339 e. The number of benzene rings is 3. The van der Waals surface area contributed by atoms with E-state index >= 15 is 0 Å². The average Bonchev–Trinajstić information content (AvgIpc) is 2.65. The molecule has 1 heterocycles. The topological polar surface area (TPSA) is 49.8 Å². The van der Waals surface area contributed by atoms with Crippen LogP contribution in [0.3, 0.4) is 0 Å². The largest absolute Gasteiger partial charge is 0.339 e. The summed E-state index contributed by atoms with van der Waals surface area (Å²) < 4.78 is 0. The quantitative estimate of drug-likeness (QED) is 0.498. The van der Waals surface area contributed by atoms with Gasteiger partial charge in [0, 0.05) is 16.8 Å². The zero-order valence-corrected chi connectivity index (χ0v) is 14.8. The number of aromatic nitrogens is 2. The number of fused-ring (bicyclic) bond motifs is 1. The molecule has 0 bridgehead atoms. The molecular formula is C22H20N4. The lowest BCUT2D eigenvalue weighted by Crippen LogP contribution is -2.03. The molecule has 2 N–H and O–H groups in total. The SMILES string of the molecule is Cc1ccccc1Nc1nc(Nc2ccccc2C)c2ccccc2n1. The third-order valence-corrected chi connectivity index (χ3v) is 4.39. The van der Waals surface area contributed by atoms with Crippen LogP contribution in [0.1, 0.15) is 11.1 Å². The van der Waals surface area contributed by atoms with E-state index in [2.05, 4.69) is 47.7 Å². The molecule has 0 spiro atoms. The first-order valence-electron chi connectivity index (χ1n) is 8.63. The van der Waals surface area contributed by atoms with Crippen LogP contribution >= 0.6 is 0 Å². The van der Waals surface area contributed by atoms with Crippen molar-refractivity contribution in [2.75, 3.05) is 10.6 Å². The van der Waals surface area contributed by atoms with Crippen molar-refractivity contribution in [2.24, 2.45) is 0 Å². The summed E-state index contributed by atoms with van der Waals surface area (Å²) in [5.41, 5.74) is 5.26. The molecule has 0 fully saturated rings. The number of rotatable bonds is 4. The summed E-state index contributed by atoms with van der Waals surface area (Å²) in [5.74, 6) is 1.37. The fourth-order valence-electron chi connectivity index (χ4n) is 2.90. The van der Waals surface area contributed by atoms with E-state index in [9.17, 15) is 0 Å². The van der Waals surface area contributed by atoms with E-state index in [4.69, 9.17) is 4.98 Å². The van der Waals surface area contributed by atoms with E-state index in [-0.39, 0.29) is 0 Å². The van der Waals surface area contributed by atoms with Gasteiger partial charge in [-0.3, -0.25) is 0 Å². The van der Waals surface area contributed by atoms with Crippen LogP contribution in [-0.4, -0.2) is 9.97 Å². The molecule has 0 saturated carbocycles. The van der Waals surface area contributed by atoms with Gasteiger partial charge < -0.3 is 10.6 Å². The maximum Gasteiger partial charge on any atom is 0.229 e. The van der Waals surface area contributed by atoms with Crippen molar-refractivity contribution in [2.45, 2.75) is 13.8 Å². The predicted octanol–water partition coefficient (Wildman–Crippen LogP) is 5.73. The molecule has 4 nitrogen and oxygen atoms in total.